The summed E-state index contributed by atoms with van der Waals surface area (Å²) in [6, 6.07) is 2.02. The molecule has 0 N–H and O–H groups in total. The number of halogens is 4. The number of rotatable bonds is 2. The van der Waals surface area contributed by atoms with Crippen LogP contribution in [-0.4, -0.2) is 14.7 Å². The van der Waals surface area contributed by atoms with Crippen LogP contribution >= 0.6 is 0 Å². The van der Waals surface area contributed by atoms with Crippen molar-refractivity contribution in [2.45, 2.75) is 6.18 Å². The first-order valence-corrected chi connectivity index (χ1v) is 5.68. The van der Waals surface area contributed by atoms with Crippen LogP contribution < -0.4 is 4.18 Å². The van der Waals surface area contributed by atoms with Crippen LogP contribution in [0.5, 0.6) is 5.75 Å². The summed E-state index contributed by atoms with van der Waals surface area (Å²) in [7, 11) is -4.22. The van der Waals surface area contributed by atoms with E-state index in [4.69, 9.17) is 0 Å². The smallest absolute Gasteiger partial charge is 0.379 e. The van der Waals surface area contributed by atoms with Crippen LogP contribution in [0.4, 0.5) is 17.6 Å². The molecule has 1 rings (SSSR count). The molecule has 0 atom stereocenters. The molecule has 0 amide bonds. The Morgan fingerprint density at radius 1 is 1.25 bits per heavy atom. The van der Waals surface area contributed by atoms with Gasteiger partial charge in [0.15, 0.2) is 11.6 Å². The Bertz CT molecular complexity index is 492. The van der Waals surface area contributed by atoms with Gasteiger partial charge in [0.25, 0.3) is 0 Å². The first-order chi connectivity index (χ1) is 7.11. The highest BCUT2D eigenvalue weighted by atomic mass is 32.2. The molecule has 1 aromatic rings. The molecule has 0 saturated heterocycles. The van der Waals surface area contributed by atoms with Crippen molar-refractivity contribution in [3.8, 4) is 5.75 Å². The summed E-state index contributed by atoms with van der Waals surface area (Å²) in [5.74, 6) is -2.72. The predicted molar refractivity (Wildman–Crippen MR) is 46.9 cm³/mol. The fourth-order valence-corrected chi connectivity index (χ4v) is 1.44. The monoisotopic (exact) mass is 258 g/mol. The van der Waals surface area contributed by atoms with Gasteiger partial charge in [-0.1, -0.05) is 6.07 Å². The summed E-state index contributed by atoms with van der Waals surface area (Å²) in [6.07, 6.45) is -4.36. The van der Waals surface area contributed by atoms with Gasteiger partial charge in [-0.05, 0) is 12.1 Å². The third-order valence-corrected chi connectivity index (χ3v) is 1.98. The number of para-hydroxylation sites is 1. The van der Waals surface area contributed by atoms with Gasteiger partial charge in [-0.3, -0.25) is 0 Å². The molecule has 0 fully saturated rings. The highest BCUT2D eigenvalue weighted by molar-refractivity contribution is 7.86. The van der Waals surface area contributed by atoms with Crippen LogP contribution in [0.3, 0.4) is 0 Å². The molecule has 16 heavy (non-hydrogen) atoms. The van der Waals surface area contributed by atoms with Gasteiger partial charge in [-0.2, -0.15) is 21.6 Å². The predicted octanol–water partition coefficient (Wildman–Crippen LogP) is 2.18. The summed E-state index contributed by atoms with van der Waals surface area (Å²) in [6.45, 7) is 0. The van der Waals surface area contributed by atoms with Gasteiger partial charge >= 0.3 is 16.3 Å². The van der Waals surface area contributed by atoms with E-state index in [-0.39, 0.29) is 0 Å². The summed E-state index contributed by atoms with van der Waals surface area (Å²) in [5, 5.41) is 0. The van der Waals surface area contributed by atoms with Crippen molar-refractivity contribution in [2.24, 2.45) is 0 Å². The molecule has 0 bridgehead atoms. The Balaban J connectivity index is 3.36. The Hall–Kier alpha value is -1.31. The third-order valence-electron chi connectivity index (χ3n) is 1.51. The molecular formula is C8H6F4O3S. The second-order valence-electron chi connectivity index (χ2n) is 2.90. The van der Waals surface area contributed by atoms with E-state index in [2.05, 4.69) is 4.18 Å². The summed E-state index contributed by atoms with van der Waals surface area (Å²) >= 11 is 0. The van der Waals surface area contributed by atoms with Crippen molar-refractivity contribution in [1.82, 2.24) is 0 Å². The van der Waals surface area contributed by atoms with Gasteiger partial charge in [-0.25, -0.2) is 4.39 Å². The maximum absolute atomic E-state index is 13.0. The molecule has 90 valence electrons. The van der Waals surface area contributed by atoms with Crippen molar-refractivity contribution >= 4 is 10.1 Å². The van der Waals surface area contributed by atoms with Crippen molar-refractivity contribution < 1.29 is 30.2 Å². The molecule has 0 heterocycles. The first kappa shape index (κ1) is 12.8. The van der Waals surface area contributed by atoms with Crippen molar-refractivity contribution in [3.63, 3.8) is 0 Å². The quantitative estimate of drug-likeness (QED) is 0.603. The Morgan fingerprint density at radius 3 is 2.25 bits per heavy atom. The molecule has 0 spiro atoms. The average molecular weight is 258 g/mol. The lowest BCUT2D eigenvalue weighted by atomic mass is 10.2. The van der Waals surface area contributed by atoms with E-state index in [1.54, 1.807) is 0 Å². The lowest BCUT2D eigenvalue weighted by Crippen LogP contribution is -2.14. The molecule has 0 radical (unpaired) electrons. The van der Waals surface area contributed by atoms with E-state index in [0.717, 1.165) is 6.07 Å². The van der Waals surface area contributed by atoms with E-state index in [0.29, 0.717) is 18.4 Å². The first-order valence-electron chi connectivity index (χ1n) is 3.86. The minimum absolute atomic E-state index is 0.527. The number of alkyl halides is 3. The Morgan fingerprint density at radius 2 is 1.81 bits per heavy atom. The molecule has 0 aliphatic heterocycles. The number of hydrogen-bond acceptors (Lipinski definition) is 3. The fraction of sp³-hybridized carbons (Fsp3) is 0.250. The lowest BCUT2D eigenvalue weighted by Gasteiger charge is -2.12. The SMILES string of the molecule is CS(=O)(=O)Oc1c(F)cccc1C(F)(F)F. The second kappa shape index (κ2) is 3.93. The Labute approximate surface area is 88.8 Å². The van der Waals surface area contributed by atoms with E-state index in [9.17, 15) is 26.0 Å². The third kappa shape index (κ3) is 3.09. The van der Waals surface area contributed by atoms with E-state index in [1.165, 1.54) is 0 Å². The van der Waals surface area contributed by atoms with Crippen LogP contribution in [0.2, 0.25) is 0 Å². The fourth-order valence-electron chi connectivity index (χ4n) is 0.968. The topological polar surface area (TPSA) is 43.4 Å². The zero-order chi connectivity index (χ0) is 12.6. The molecule has 0 saturated carbocycles. The van der Waals surface area contributed by atoms with Crippen molar-refractivity contribution in [3.05, 3.63) is 29.6 Å². The maximum atomic E-state index is 13.0. The van der Waals surface area contributed by atoms with Gasteiger partial charge < -0.3 is 4.18 Å². The van der Waals surface area contributed by atoms with Gasteiger partial charge in [-0.15, -0.1) is 0 Å². The zero-order valence-corrected chi connectivity index (χ0v) is 8.69. The molecule has 8 heteroatoms. The van der Waals surface area contributed by atoms with E-state index < -0.39 is 33.4 Å². The van der Waals surface area contributed by atoms with Crippen molar-refractivity contribution in [1.29, 1.82) is 0 Å². The molecule has 1 aromatic carbocycles. The molecule has 0 aliphatic rings. The minimum Gasteiger partial charge on any atom is -0.379 e. The van der Waals surface area contributed by atoms with Crippen molar-refractivity contribution in [2.75, 3.05) is 6.26 Å². The average Bonchev–Trinajstić information content (AvgIpc) is 2.04. The number of hydrogen-bond donors (Lipinski definition) is 0. The van der Waals surface area contributed by atoms with Gasteiger partial charge in [0.05, 0.1) is 6.26 Å². The lowest BCUT2D eigenvalue weighted by molar-refractivity contribution is -0.138. The van der Waals surface area contributed by atoms with E-state index >= 15 is 0 Å². The van der Waals surface area contributed by atoms with Crippen LogP contribution in [-0.2, 0) is 16.3 Å². The molecular weight excluding hydrogens is 252 g/mol. The van der Waals surface area contributed by atoms with Gasteiger partial charge in [0, 0.05) is 0 Å². The zero-order valence-electron chi connectivity index (χ0n) is 7.88. The van der Waals surface area contributed by atoms with Crippen LogP contribution in [0, 0.1) is 5.82 Å². The number of benzene rings is 1. The van der Waals surface area contributed by atoms with Crippen LogP contribution in [0.15, 0.2) is 18.2 Å². The molecule has 0 unspecified atom stereocenters. The second-order valence-corrected chi connectivity index (χ2v) is 4.48. The molecule has 3 nitrogen and oxygen atoms in total. The highest BCUT2D eigenvalue weighted by Gasteiger charge is 2.36. The maximum Gasteiger partial charge on any atom is 0.420 e. The van der Waals surface area contributed by atoms with Gasteiger partial charge in [0.1, 0.15) is 5.56 Å². The largest absolute Gasteiger partial charge is 0.420 e. The molecule has 0 aliphatic carbocycles. The van der Waals surface area contributed by atoms with E-state index in [1.807, 2.05) is 0 Å². The van der Waals surface area contributed by atoms with Crippen LogP contribution in [0.1, 0.15) is 5.56 Å². The standard InChI is InChI=1S/C8H6F4O3S/c1-16(13,14)15-7-5(8(10,11)12)3-2-4-6(7)9/h2-4H,1H3. The van der Waals surface area contributed by atoms with Gasteiger partial charge in [0.2, 0.25) is 0 Å². The van der Waals surface area contributed by atoms with Crippen LogP contribution in [0.25, 0.3) is 0 Å². The molecule has 0 aromatic heterocycles. The normalized spacial score (nSPS) is 12.6. The summed E-state index contributed by atoms with van der Waals surface area (Å²) in [4.78, 5) is 0. The summed E-state index contributed by atoms with van der Waals surface area (Å²) in [5.41, 5.74) is -1.47. The summed E-state index contributed by atoms with van der Waals surface area (Å²) < 4.78 is 75.4. The minimum atomic E-state index is -4.89. The highest BCUT2D eigenvalue weighted by Crippen LogP contribution is 2.37. The Kier molecular flexibility index (Phi) is 3.13.